The Kier molecular flexibility index (Phi) is 12.0. The predicted octanol–water partition coefficient (Wildman–Crippen LogP) is 5.68. The molecule has 1 unspecified atom stereocenters. The van der Waals surface area contributed by atoms with Gasteiger partial charge in [-0.3, -0.25) is 9.62 Å². The van der Waals surface area contributed by atoms with Gasteiger partial charge in [-0.05, 0) is 85.5 Å². The van der Waals surface area contributed by atoms with Crippen molar-refractivity contribution in [2.24, 2.45) is 0 Å². The van der Waals surface area contributed by atoms with Gasteiger partial charge < -0.3 is 20.1 Å². The molecule has 1 fully saturated rings. The monoisotopic (exact) mass is 620 g/mol. The lowest BCUT2D eigenvalue weighted by Crippen LogP contribution is -2.51. The number of carbonyl (C=O) groups excluding carboxylic acids is 1. The van der Waals surface area contributed by atoms with E-state index in [1.807, 2.05) is 31.2 Å². The molecule has 0 bridgehead atoms. The molecule has 3 N–H and O–H groups in total. The van der Waals surface area contributed by atoms with E-state index < -0.39 is 16.1 Å². The Balaban J connectivity index is 0.00000484. The summed E-state index contributed by atoms with van der Waals surface area (Å²) in [4.78, 5) is 17.2. The molecule has 1 heterocycles. The minimum atomic E-state index is -3.33. The maximum atomic E-state index is 13.3. The van der Waals surface area contributed by atoms with Crippen LogP contribution in [0.15, 0.2) is 72.8 Å². The van der Waals surface area contributed by atoms with Gasteiger partial charge in [-0.15, -0.1) is 12.4 Å². The minimum Gasteiger partial charge on any atom is -0.457 e. The number of benzene rings is 3. The van der Waals surface area contributed by atoms with E-state index in [2.05, 4.69) is 14.9 Å². The maximum Gasteiger partial charge on any atom is 0.322 e. The van der Waals surface area contributed by atoms with Crippen LogP contribution in [0, 0.1) is 5.82 Å². The molecule has 2 amide bonds. The van der Waals surface area contributed by atoms with Crippen LogP contribution < -0.4 is 14.8 Å². The molecule has 0 spiro atoms. The standard InChI is InChI=1S/C30H37FN4O5S.ClH/c1-3-27(36)21-35(30(37)32-24-8-6-23(31)7-9-24)26-16-18-34(19-17-26)20-22-4-12-28(13-5-22)40-29-14-10-25(11-15-29)33-41(2,38)39;/h4-15,26-27,33,36H,3,16-21H2,1-2H3,(H,32,37);1H. The zero-order valence-electron chi connectivity index (χ0n) is 23.7. The molecule has 3 aromatic rings. The van der Waals surface area contributed by atoms with Crippen LogP contribution in [0.5, 0.6) is 11.5 Å². The number of hydrogen-bond donors (Lipinski definition) is 3. The lowest BCUT2D eigenvalue weighted by molar-refractivity contribution is 0.0766. The number of ether oxygens (including phenoxy) is 1. The van der Waals surface area contributed by atoms with Crippen molar-refractivity contribution in [3.63, 3.8) is 0 Å². The van der Waals surface area contributed by atoms with Gasteiger partial charge in [0.25, 0.3) is 0 Å². The largest absolute Gasteiger partial charge is 0.457 e. The number of nitrogens with one attached hydrogen (secondary N) is 2. The molecule has 1 saturated heterocycles. The first-order valence-electron chi connectivity index (χ1n) is 13.7. The first-order valence-corrected chi connectivity index (χ1v) is 15.6. The first-order chi connectivity index (χ1) is 19.6. The van der Waals surface area contributed by atoms with E-state index in [-0.39, 0.29) is 36.8 Å². The van der Waals surface area contributed by atoms with E-state index in [0.29, 0.717) is 29.3 Å². The highest BCUT2D eigenvalue weighted by molar-refractivity contribution is 7.92. The van der Waals surface area contributed by atoms with Crippen molar-refractivity contribution in [3.05, 3.63) is 84.2 Å². The second kappa shape index (κ2) is 15.2. The number of halogens is 2. The fourth-order valence-electron chi connectivity index (χ4n) is 4.73. The summed E-state index contributed by atoms with van der Waals surface area (Å²) in [5.41, 5.74) is 2.12. The summed E-state index contributed by atoms with van der Waals surface area (Å²) in [6, 6.07) is 19.9. The van der Waals surface area contributed by atoms with Crippen molar-refractivity contribution in [2.75, 3.05) is 35.9 Å². The number of aliphatic hydroxyl groups is 1. The highest BCUT2D eigenvalue weighted by Gasteiger charge is 2.29. The molecule has 0 aliphatic carbocycles. The van der Waals surface area contributed by atoms with Crippen LogP contribution in [-0.4, -0.2) is 67.4 Å². The molecule has 0 aromatic heterocycles. The molecule has 1 atom stereocenters. The van der Waals surface area contributed by atoms with Crippen molar-refractivity contribution >= 4 is 39.8 Å². The van der Waals surface area contributed by atoms with Gasteiger partial charge in [0.2, 0.25) is 10.0 Å². The fourth-order valence-corrected chi connectivity index (χ4v) is 5.30. The summed E-state index contributed by atoms with van der Waals surface area (Å²) in [6.07, 6.45) is 2.59. The quantitative estimate of drug-likeness (QED) is 0.254. The fraction of sp³-hybridized carbons (Fsp3) is 0.367. The third-order valence-corrected chi connectivity index (χ3v) is 7.56. The van der Waals surface area contributed by atoms with Crippen LogP contribution >= 0.6 is 12.4 Å². The van der Waals surface area contributed by atoms with E-state index in [1.165, 1.54) is 24.3 Å². The Labute approximate surface area is 253 Å². The second-order valence-corrected chi connectivity index (χ2v) is 12.1. The van der Waals surface area contributed by atoms with Crippen molar-refractivity contribution < 1.29 is 27.4 Å². The lowest BCUT2D eigenvalue weighted by Gasteiger charge is -2.39. The topological polar surface area (TPSA) is 111 Å². The van der Waals surface area contributed by atoms with E-state index in [1.54, 1.807) is 29.2 Å². The normalized spacial score (nSPS) is 14.9. The summed E-state index contributed by atoms with van der Waals surface area (Å²) in [6.45, 7) is 4.50. The molecule has 1 aliphatic rings. The molecule has 1 aliphatic heterocycles. The van der Waals surface area contributed by atoms with Crippen LogP contribution in [0.1, 0.15) is 31.7 Å². The van der Waals surface area contributed by atoms with Gasteiger partial charge in [-0.25, -0.2) is 17.6 Å². The van der Waals surface area contributed by atoms with Crippen molar-refractivity contribution in [1.82, 2.24) is 9.80 Å². The second-order valence-electron chi connectivity index (χ2n) is 10.3. The third-order valence-electron chi connectivity index (χ3n) is 6.96. The number of anilines is 2. The van der Waals surface area contributed by atoms with Crippen LogP contribution in [0.2, 0.25) is 0 Å². The number of likely N-dealkylation sites (tertiary alicyclic amines) is 1. The Hall–Kier alpha value is -3.38. The van der Waals surface area contributed by atoms with Crippen LogP contribution in [0.25, 0.3) is 0 Å². The molecule has 3 aromatic carbocycles. The van der Waals surface area contributed by atoms with Gasteiger partial charge in [0.1, 0.15) is 17.3 Å². The maximum absolute atomic E-state index is 13.3. The summed E-state index contributed by atoms with van der Waals surface area (Å²) in [5, 5.41) is 13.1. The van der Waals surface area contributed by atoms with Gasteiger partial charge in [0.05, 0.1) is 12.4 Å². The SMILES string of the molecule is CCC(O)CN(C(=O)Nc1ccc(F)cc1)C1CCN(Cc2ccc(Oc3ccc(NS(C)(=O)=O)cc3)cc2)CC1.Cl. The third kappa shape index (κ3) is 10.2. The van der Waals surface area contributed by atoms with Gasteiger partial charge in [-0.2, -0.15) is 0 Å². The average molecular weight is 621 g/mol. The van der Waals surface area contributed by atoms with Crippen LogP contribution in [0.3, 0.4) is 0 Å². The van der Waals surface area contributed by atoms with Gasteiger partial charge in [0.15, 0.2) is 0 Å². The molecule has 9 nitrogen and oxygen atoms in total. The van der Waals surface area contributed by atoms with Gasteiger partial charge >= 0.3 is 6.03 Å². The number of sulfonamides is 1. The zero-order chi connectivity index (χ0) is 29.4. The highest BCUT2D eigenvalue weighted by atomic mass is 35.5. The smallest absolute Gasteiger partial charge is 0.322 e. The molecule has 42 heavy (non-hydrogen) atoms. The number of carbonyl (C=O) groups is 1. The van der Waals surface area contributed by atoms with E-state index in [9.17, 15) is 22.7 Å². The van der Waals surface area contributed by atoms with Gasteiger partial charge in [-0.1, -0.05) is 19.1 Å². The number of nitrogens with zero attached hydrogens (tertiary/aromatic N) is 2. The van der Waals surface area contributed by atoms with Crippen molar-refractivity contribution in [2.45, 2.75) is 44.9 Å². The molecule has 4 rings (SSSR count). The van der Waals surface area contributed by atoms with Crippen LogP contribution in [0.4, 0.5) is 20.6 Å². The molecule has 12 heteroatoms. The Morgan fingerprint density at radius 2 is 1.55 bits per heavy atom. The molecule has 0 saturated carbocycles. The Morgan fingerprint density at radius 3 is 2.10 bits per heavy atom. The minimum absolute atomic E-state index is 0. The highest BCUT2D eigenvalue weighted by Crippen LogP contribution is 2.25. The first kappa shape index (κ1) is 33.1. The predicted molar refractivity (Wildman–Crippen MR) is 165 cm³/mol. The summed E-state index contributed by atoms with van der Waals surface area (Å²) in [5.74, 6) is 0.903. The molecular weight excluding hydrogens is 583 g/mol. The van der Waals surface area contributed by atoms with E-state index >= 15 is 0 Å². The van der Waals surface area contributed by atoms with Gasteiger partial charge in [0, 0.05) is 43.6 Å². The van der Waals surface area contributed by atoms with Crippen molar-refractivity contribution in [3.8, 4) is 11.5 Å². The number of urea groups is 1. The Morgan fingerprint density at radius 1 is 1.00 bits per heavy atom. The number of rotatable bonds is 11. The number of hydrogen-bond acceptors (Lipinski definition) is 6. The lowest BCUT2D eigenvalue weighted by atomic mass is 10.0. The summed E-state index contributed by atoms with van der Waals surface area (Å²) >= 11 is 0. The number of amides is 2. The Bertz CT molecular complexity index is 1380. The average Bonchev–Trinajstić information content (AvgIpc) is 2.94. The number of aliphatic hydroxyl groups excluding tert-OH is 1. The molecular formula is C30H38ClFN4O5S. The van der Waals surface area contributed by atoms with E-state index in [4.69, 9.17) is 4.74 Å². The summed E-state index contributed by atoms with van der Waals surface area (Å²) in [7, 11) is -3.33. The van der Waals surface area contributed by atoms with Crippen LogP contribution in [-0.2, 0) is 16.6 Å². The van der Waals surface area contributed by atoms with Crippen molar-refractivity contribution in [1.29, 1.82) is 0 Å². The van der Waals surface area contributed by atoms with E-state index in [0.717, 1.165) is 44.3 Å². The number of piperidine rings is 1. The molecule has 228 valence electrons. The molecule has 0 radical (unpaired) electrons. The summed E-state index contributed by atoms with van der Waals surface area (Å²) < 4.78 is 44.3. The zero-order valence-corrected chi connectivity index (χ0v) is 25.3.